The number of anilines is 1. The second-order valence-corrected chi connectivity index (χ2v) is 5.63. The Labute approximate surface area is 105 Å². The van der Waals surface area contributed by atoms with Gasteiger partial charge in [-0.2, -0.15) is 0 Å². The van der Waals surface area contributed by atoms with Crippen molar-refractivity contribution >= 4 is 22.4 Å². The van der Waals surface area contributed by atoms with E-state index in [2.05, 4.69) is 17.2 Å². The van der Waals surface area contributed by atoms with Gasteiger partial charge < -0.3 is 10.4 Å². The van der Waals surface area contributed by atoms with Crippen LogP contribution in [0.4, 0.5) is 5.13 Å². The maximum atomic E-state index is 10.5. The van der Waals surface area contributed by atoms with Crippen LogP contribution in [0.5, 0.6) is 0 Å². The molecule has 4 nitrogen and oxygen atoms in total. The summed E-state index contributed by atoms with van der Waals surface area (Å²) in [5, 5.41) is 14.7. The first-order valence-electron chi connectivity index (χ1n) is 6.04. The lowest BCUT2D eigenvalue weighted by atomic mass is 9.67. The zero-order valence-corrected chi connectivity index (χ0v) is 10.8. The van der Waals surface area contributed by atoms with Crippen molar-refractivity contribution in [2.45, 2.75) is 39.0 Å². The molecule has 1 fully saturated rings. The van der Waals surface area contributed by atoms with Crippen molar-refractivity contribution in [2.24, 2.45) is 5.41 Å². The molecule has 94 valence electrons. The molecule has 1 aliphatic rings. The minimum atomic E-state index is -0.828. The zero-order valence-electron chi connectivity index (χ0n) is 10.0. The summed E-state index contributed by atoms with van der Waals surface area (Å²) in [4.78, 5) is 14.8. The molecule has 0 amide bonds. The molecular formula is C12H18N2O2S. The van der Waals surface area contributed by atoms with Crippen LogP contribution in [0, 0.1) is 5.41 Å². The molecule has 0 aromatic carbocycles. The molecule has 0 aliphatic heterocycles. The van der Waals surface area contributed by atoms with Crippen LogP contribution >= 0.6 is 11.3 Å². The van der Waals surface area contributed by atoms with Gasteiger partial charge in [0.1, 0.15) is 0 Å². The van der Waals surface area contributed by atoms with Crippen LogP contribution in [0.2, 0.25) is 0 Å². The molecule has 0 saturated heterocycles. The van der Waals surface area contributed by atoms with Crippen molar-refractivity contribution in [3.8, 4) is 0 Å². The third-order valence-electron chi connectivity index (χ3n) is 3.66. The normalized spacial score (nSPS) is 17.5. The van der Waals surface area contributed by atoms with Crippen molar-refractivity contribution in [1.29, 1.82) is 0 Å². The third kappa shape index (κ3) is 2.97. The molecule has 1 aromatic rings. The van der Waals surface area contributed by atoms with E-state index in [0.29, 0.717) is 11.1 Å². The van der Waals surface area contributed by atoms with Gasteiger partial charge in [0.05, 0.1) is 12.1 Å². The van der Waals surface area contributed by atoms with Gasteiger partial charge in [0.2, 0.25) is 0 Å². The average molecular weight is 254 g/mol. The number of aliphatic carboxylic acids is 1. The number of carbonyl (C=O) groups is 1. The summed E-state index contributed by atoms with van der Waals surface area (Å²) in [7, 11) is 0. The highest BCUT2D eigenvalue weighted by atomic mass is 32.1. The second-order valence-electron chi connectivity index (χ2n) is 4.78. The summed E-state index contributed by atoms with van der Waals surface area (Å²) in [6.07, 6.45) is 5.13. The smallest absolute Gasteiger partial charge is 0.309 e. The Kier molecular flexibility index (Phi) is 3.66. The number of hydrogen-bond acceptors (Lipinski definition) is 4. The molecule has 0 spiro atoms. The topological polar surface area (TPSA) is 62.2 Å². The molecule has 17 heavy (non-hydrogen) atoms. The number of nitrogens with one attached hydrogen (secondary N) is 1. The van der Waals surface area contributed by atoms with Gasteiger partial charge in [-0.15, -0.1) is 11.3 Å². The van der Waals surface area contributed by atoms with Crippen LogP contribution in [0.15, 0.2) is 5.38 Å². The molecule has 2 N–H and O–H groups in total. The molecule has 2 rings (SSSR count). The number of carboxylic acids is 1. The van der Waals surface area contributed by atoms with E-state index >= 15 is 0 Å². The molecular weight excluding hydrogens is 236 g/mol. The Morgan fingerprint density at radius 1 is 1.65 bits per heavy atom. The van der Waals surface area contributed by atoms with Gasteiger partial charge in [-0.3, -0.25) is 4.79 Å². The molecule has 0 unspecified atom stereocenters. The summed E-state index contributed by atoms with van der Waals surface area (Å²) in [6, 6.07) is 0. The van der Waals surface area contributed by atoms with E-state index < -0.39 is 5.97 Å². The zero-order chi connectivity index (χ0) is 12.3. The number of nitrogens with zero attached hydrogens (tertiary/aromatic N) is 1. The van der Waals surface area contributed by atoms with Crippen molar-refractivity contribution in [1.82, 2.24) is 4.98 Å². The fourth-order valence-electron chi connectivity index (χ4n) is 2.22. The average Bonchev–Trinajstić information content (AvgIpc) is 2.64. The largest absolute Gasteiger partial charge is 0.481 e. The first-order valence-corrected chi connectivity index (χ1v) is 6.92. The Morgan fingerprint density at radius 2 is 2.41 bits per heavy atom. The van der Waals surface area contributed by atoms with Gasteiger partial charge in [-0.05, 0) is 24.7 Å². The summed E-state index contributed by atoms with van der Waals surface area (Å²) in [6.45, 7) is 3.20. The Balaban J connectivity index is 1.86. The summed E-state index contributed by atoms with van der Waals surface area (Å²) in [5.41, 5.74) is 1.10. The Bertz CT molecular complexity index is 393. The maximum Gasteiger partial charge on any atom is 0.309 e. The predicted octanol–water partition coefficient (Wildman–Crippen LogP) is 2.76. The lowest BCUT2D eigenvalue weighted by Gasteiger charge is -2.41. The molecule has 1 aliphatic carbocycles. The fraction of sp³-hybridized carbons (Fsp3) is 0.667. The van der Waals surface area contributed by atoms with E-state index in [0.717, 1.165) is 11.7 Å². The van der Waals surface area contributed by atoms with Crippen molar-refractivity contribution in [3.63, 3.8) is 0 Å². The van der Waals surface area contributed by atoms with Crippen LogP contribution < -0.4 is 5.32 Å². The van der Waals surface area contributed by atoms with Crippen molar-refractivity contribution < 1.29 is 9.90 Å². The van der Waals surface area contributed by atoms with Crippen molar-refractivity contribution in [2.75, 3.05) is 11.9 Å². The van der Waals surface area contributed by atoms with Crippen molar-refractivity contribution in [3.05, 3.63) is 11.1 Å². The first kappa shape index (κ1) is 12.4. The first-order chi connectivity index (χ1) is 8.13. The Hall–Kier alpha value is -1.10. The number of rotatable bonds is 6. The highest BCUT2D eigenvalue weighted by molar-refractivity contribution is 7.13. The fourth-order valence-corrected chi connectivity index (χ4v) is 2.93. The van der Waals surface area contributed by atoms with Gasteiger partial charge in [0, 0.05) is 11.9 Å². The molecule has 0 radical (unpaired) electrons. The van der Waals surface area contributed by atoms with Gasteiger partial charge in [-0.1, -0.05) is 13.3 Å². The number of thiazole rings is 1. The van der Waals surface area contributed by atoms with Gasteiger partial charge in [0.25, 0.3) is 0 Å². The molecule has 1 aromatic heterocycles. The predicted molar refractivity (Wildman–Crippen MR) is 68.5 cm³/mol. The number of carboxylic acid groups (broad SMARTS) is 1. The third-order valence-corrected chi connectivity index (χ3v) is 4.51. The Morgan fingerprint density at radius 3 is 2.94 bits per heavy atom. The number of aromatic nitrogens is 1. The monoisotopic (exact) mass is 254 g/mol. The second kappa shape index (κ2) is 5.04. The highest BCUT2D eigenvalue weighted by Gasteiger charge is 2.34. The summed E-state index contributed by atoms with van der Waals surface area (Å²) in [5.74, 6) is -0.828. The molecule has 0 bridgehead atoms. The van der Waals surface area contributed by atoms with Crippen LogP contribution in [0.1, 0.15) is 38.3 Å². The van der Waals surface area contributed by atoms with Crippen LogP contribution in [-0.4, -0.2) is 22.6 Å². The lowest BCUT2D eigenvalue weighted by molar-refractivity contribution is -0.136. The molecule has 1 heterocycles. The van der Waals surface area contributed by atoms with Gasteiger partial charge in [0.15, 0.2) is 5.13 Å². The van der Waals surface area contributed by atoms with Crippen LogP contribution in [0.25, 0.3) is 0 Å². The van der Waals surface area contributed by atoms with E-state index in [9.17, 15) is 4.79 Å². The standard InChI is InChI=1S/C12H18N2O2S/c1-2-12(4-3-5-12)8-13-11-14-9(7-17-11)6-10(15)16/h7H,2-6,8H2,1H3,(H,13,14)(H,15,16). The van der Waals surface area contributed by atoms with E-state index in [1.807, 2.05) is 5.38 Å². The minimum Gasteiger partial charge on any atom is -0.481 e. The summed E-state index contributed by atoms with van der Waals surface area (Å²) < 4.78 is 0. The van der Waals surface area contributed by atoms with Crippen LogP contribution in [-0.2, 0) is 11.2 Å². The molecule has 5 heteroatoms. The quantitative estimate of drug-likeness (QED) is 0.819. The van der Waals surface area contributed by atoms with E-state index in [4.69, 9.17) is 5.11 Å². The molecule has 0 atom stereocenters. The van der Waals surface area contributed by atoms with Gasteiger partial charge >= 0.3 is 5.97 Å². The van der Waals surface area contributed by atoms with E-state index in [1.165, 1.54) is 37.0 Å². The highest BCUT2D eigenvalue weighted by Crippen LogP contribution is 2.43. The summed E-state index contributed by atoms with van der Waals surface area (Å²) >= 11 is 1.49. The van der Waals surface area contributed by atoms with Crippen LogP contribution in [0.3, 0.4) is 0 Å². The number of hydrogen-bond donors (Lipinski definition) is 2. The van der Waals surface area contributed by atoms with E-state index in [-0.39, 0.29) is 6.42 Å². The SMILES string of the molecule is CCC1(CNc2nc(CC(=O)O)cs2)CCC1. The molecule has 1 saturated carbocycles. The van der Waals surface area contributed by atoms with Gasteiger partial charge in [-0.25, -0.2) is 4.98 Å². The maximum absolute atomic E-state index is 10.5. The van der Waals surface area contributed by atoms with E-state index in [1.54, 1.807) is 0 Å². The minimum absolute atomic E-state index is 0.0110. The lowest BCUT2D eigenvalue weighted by Crippen LogP contribution is -2.35.